The van der Waals surface area contributed by atoms with Gasteiger partial charge in [0.2, 0.25) is 5.91 Å². The van der Waals surface area contributed by atoms with Crippen molar-refractivity contribution >= 4 is 17.7 Å². The molecule has 2 heterocycles. The van der Waals surface area contributed by atoms with Crippen LogP contribution in [-0.2, 0) is 9.53 Å². The molecular formula is C12H17NO3S. The van der Waals surface area contributed by atoms with Crippen molar-refractivity contribution in [1.29, 1.82) is 0 Å². The summed E-state index contributed by atoms with van der Waals surface area (Å²) in [4.78, 5) is 13.6. The molecule has 0 spiro atoms. The Morgan fingerprint density at radius 3 is 3.24 bits per heavy atom. The minimum Gasteiger partial charge on any atom is -0.466 e. The Bertz CT molecular complexity index is 353. The van der Waals surface area contributed by atoms with Crippen molar-refractivity contribution in [1.82, 2.24) is 4.90 Å². The number of amides is 1. The van der Waals surface area contributed by atoms with Gasteiger partial charge < -0.3 is 14.1 Å². The first-order chi connectivity index (χ1) is 8.33. The lowest BCUT2D eigenvalue weighted by Crippen LogP contribution is -2.29. The van der Waals surface area contributed by atoms with Gasteiger partial charge in [0.05, 0.1) is 12.0 Å². The second-order valence-corrected chi connectivity index (χ2v) is 4.88. The maximum atomic E-state index is 11.8. The van der Waals surface area contributed by atoms with Gasteiger partial charge >= 0.3 is 0 Å². The topological polar surface area (TPSA) is 42.7 Å². The van der Waals surface area contributed by atoms with Gasteiger partial charge in [0.15, 0.2) is 0 Å². The summed E-state index contributed by atoms with van der Waals surface area (Å²) in [5.41, 5.74) is 0. The molecule has 2 rings (SSSR count). The van der Waals surface area contributed by atoms with E-state index >= 15 is 0 Å². The molecule has 1 saturated heterocycles. The molecule has 1 aromatic rings. The Balaban J connectivity index is 1.90. The number of carbonyl (C=O) groups is 1. The van der Waals surface area contributed by atoms with E-state index in [9.17, 15) is 4.79 Å². The van der Waals surface area contributed by atoms with Gasteiger partial charge in [-0.1, -0.05) is 0 Å². The van der Waals surface area contributed by atoms with Crippen LogP contribution in [0.5, 0.6) is 0 Å². The molecule has 1 atom stereocenters. The number of furan rings is 1. The van der Waals surface area contributed by atoms with Gasteiger partial charge in [-0.15, -0.1) is 11.8 Å². The molecule has 1 aliphatic heterocycles. The summed E-state index contributed by atoms with van der Waals surface area (Å²) in [7, 11) is 0. The van der Waals surface area contributed by atoms with E-state index in [1.807, 2.05) is 24.0 Å². The highest BCUT2D eigenvalue weighted by atomic mass is 32.2. The third kappa shape index (κ3) is 3.04. The molecule has 1 aliphatic rings. The molecule has 1 fully saturated rings. The van der Waals surface area contributed by atoms with E-state index in [2.05, 4.69) is 0 Å². The summed E-state index contributed by atoms with van der Waals surface area (Å²) in [5.74, 6) is 1.59. The predicted molar refractivity (Wildman–Crippen MR) is 66.7 cm³/mol. The Labute approximate surface area is 105 Å². The molecule has 0 aliphatic carbocycles. The third-order valence-electron chi connectivity index (χ3n) is 2.65. The molecule has 0 saturated carbocycles. The number of carbonyl (C=O) groups excluding carboxylic acids is 1. The number of nitrogens with zero attached hydrogens (tertiary/aromatic N) is 1. The van der Waals surface area contributed by atoms with Crippen LogP contribution in [0.2, 0.25) is 0 Å². The average molecular weight is 255 g/mol. The number of hydrogen-bond acceptors (Lipinski definition) is 4. The van der Waals surface area contributed by atoms with Crippen LogP contribution in [-0.4, -0.2) is 36.3 Å². The van der Waals surface area contributed by atoms with Gasteiger partial charge in [0.1, 0.15) is 11.1 Å². The highest BCUT2D eigenvalue weighted by Gasteiger charge is 2.33. The first-order valence-corrected chi connectivity index (χ1v) is 6.90. The Hall–Kier alpha value is -0.940. The number of ether oxygens (including phenoxy) is 1. The molecule has 1 unspecified atom stereocenters. The number of thioether (sulfide) groups is 1. The summed E-state index contributed by atoms with van der Waals surface area (Å²) < 4.78 is 10.7. The Morgan fingerprint density at radius 2 is 2.53 bits per heavy atom. The molecule has 1 aromatic heterocycles. The fraction of sp³-hybridized carbons (Fsp3) is 0.583. The first-order valence-electron chi connectivity index (χ1n) is 5.85. The minimum absolute atomic E-state index is 0.0409. The monoisotopic (exact) mass is 255 g/mol. The predicted octanol–water partition coefficient (Wildman–Crippen LogP) is 2.28. The van der Waals surface area contributed by atoms with E-state index in [4.69, 9.17) is 9.15 Å². The van der Waals surface area contributed by atoms with Crippen LogP contribution in [0, 0.1) is 0 Å². The zero-order chi connectivity index (χ0) is 12.1. The van der Waals surface area contributed by atoms with Crippen molar-refractivity contribution in [3.8, 4) is 0 Å². The van der Waals surface area contributed by atoms with Crippen LogP contribution in [0.25, 0.3) is 0 Å². The quantitative estimate of drug-likeness (QED) is 0.731. The summed E-state index contributed by atoms with van der Waals surface area (Å²) in [6.07, 6.45) is 2.52. The molecule has 5 heteroatoms. The fourth-order valence-electron chi connectivity index (χ4n) is 1.84. The lowest BCUT2D eigenvalue weighted by molar-refractivity contribution is -0.128. The van der Waals surface area contributed by atoms with E-state index in [-0.39, 0.29) is 11.3 Å². The maximum Gasteiger partial charge on any atom is 0.233 e. The summed E-state index contributed by atoms with van der Waals surface area (Å²) in [5, 5.41) is 0.0409. The van der Waals surface area contributed by atoms with E-state index < -0.39 is 0 Å². The van der Waals surface area contributed by atoms with Crippen LogP contribution >= 0.6 is 11.8 Å². The van der Waals surface area contributed by atoms with Crippen LogP contribution < -0.4 is 0 Å². The van der Waals surface area contributed by atoms with Crippen LogP contribution in [0.15, 0.2) is 22.8 Å². The smallest absolute Gasteiger partial charge is 0.233 e. The highest BCUT2D eigenvalue weighted by Crippen LogP contribution is 2.38. The van der Waals surface area contributed by atoms with Crippen molar-refractivity contribution < 1.29 is 13.9 Å². The Kier molecular flexibility index (Phi) is 4.50. The standard InChI is InChI=1S/C12H17NO3S/c1-2-15-7-4-6-13-11(14)9-17-12(13)10-5-3-8-16-10/h3,5,8,12H,2,4,6-7,9H2,1H3. The van der Waals surface area contributed by atoms with E-state index in [1.165, 1.54) is 0 Å². The molecular weight excluding hydrogens is 238 g/mol. The molecule has 0 N–H and O–H groups in total. The SMILES string of the molecule is CCOCCCN1C(=O)CSC1c1ccco1. The minimum atomic E-state index is 0.0409. The van der Waals surface area contributed by atoms with Crippen molar-refractivity contribution in [2.75, 3.05) is 25.5 Å². The van der Waals surface area contributed by atoms with E-state index in [0.717, 1.165) is 25.3 Å². The second kappa shape index (κ2) is 6.12. The van der Waals surface area contributed by atoms with Gasteiger partial charge in [0.25, 0.3) is 0 Å². The first kappa shape index (κ1) is 12.5. The Morgan fingerprint density at radius 1 is 1.65 bits per heavy atom. The molecule has 4 nitrogen and oxygen atoms in total. The zero-order valence-electron chi connectivity index (χ0n) is 9.93. The van der Waals surface area contributed by atoms with Crippen LogP contribution in [0.1, 0.15) is 24.5 Å². The largest absolute Gasteiger partial charge is 0.466 e. The second-order valence-electron chi connectivity index (χ2n) is 3.82. The third-order valence-corrected chi connectivity index (χ3v) is 3.86. The van der Waals surface area contributed by atoms with E-state index in [1.54, 1.807) is 18.0 Å². The molecule has 0 bridgehead atoms. The van der Waals surface area contributed by atoms with Crippen molar-refractivity contribution in [2.45, 2.75) is 18.7 Å². The lowest BCUT2D eigenvalue weighted by Gasteiger charge is -2.22. The normalized spacial score (nSPS) is 20.2. The average Bonchev–Trinajstić information content (AvgIpc) is 2.94. The van der Waals surface area contributed by atoms with Gasteiger partial charge in [-0.2, -0.15) is 0 Å². The molecule has 1 amide bonds. The van der Waals surface area contributed by atoms with Crippen LogP contribution in [0.3, 0.4) is 0 Å². The van der Waals surface area contributed by atoms with Crippen LogP contribution in [0.4, 0.5) is 0 Å². The van der Waals surface area contributed by atoms with Crippen molar-refractivity contribution in [2.24, 2.45) is 0 Å². The number of hydrogen-bond donors (Lipinski definition) is 0. The van der Waals surface area contributed by atoms with Crippen molar-refractivity contribution in [3.63, 3.8) is 0 Å². The fourth-order valence-corrected chi connectivity index (χ4v) is 3.01. The lowest BCUT2D eigenvalue weighted by atomic mass is 10.3. The van der Waals surface area contributed by atoms with Gasteiger partial charge in [-0.3, -0.25) is 4.79 Å². The van der Waals surface area contributed by atoms with Gasteiger partial charge in [-0.25, -0.2) is 0 Å². The number of rotatable bonds is 6. The molecule has 17 heavy (non-hydrogen) atoms. The summed E-state index contributed by atoms with van der Waals surface area (Å²) >= 11 is 1.62. The molecule has 94 valence electrons. The van der Waals surface area contributed by atoms with Crippen molar-refractivity contribution in [3.05, 3.63) is 24.2 Å². The molecule has 0 aromatic carbocycles. The summed E-state index contributed by atoms with van der Waals surface area (Å²) in [6.45, 7) is 4.14. The molecule has 0 radical (unpaired) electrons. The van der Waals surface area contributed by atoms with E-state index in [0.29, 0.717) is 12.4 Å². The highest BCUT2D eigenvalue weighted by molar-refractivity contribution is 8.00. The van der Waals surface area contributed by atoms with Gasteiger partial charge in [0, 0.05) is 19.8 Å². The maximum absolute atomic E-state index is 11.8. The summed E-state index contributed by atoms with van der Waals surface area (Å²) in [6, 6.07) is 3.78. The zero-order valence-corrected chi connectivity index (χ0v) is 10.7. The van der Waals surface area contributed by atoms with Gasteiger partial charge in [-0.05, 0) is 25.5 Å².